The Morgan fingerprint density at radius 3 is 2.30 bits per heavy atom. The minimum absolute atomic E-state index is 0.0600. The highest BCUT2D eigenvalue weighted by Crippen LogP contribution is 2.26. The van der Waals surface area contributed by atoms with E-state index in [1.807, 2.05) is 42.0 Å². The first-order valence-corrected chi connectivity index (χ1v) is 10.8. The topological polar surface area (TPSA) is 101 Å². The Kier molecular flexibility index (Phi) is 4.79. The lowest BCUT2D eigenvalue weighted by atomic mass is 10.1. The molecule has 1 aliphatic heterocycles. The van der Waals surface area contributed by atoms with Crippen LogP contribution in [0.2, 0.25) is 0 Å². The van der Waals surface area contributed by atoms with Crippen molar-refractivity contribution in [2.75, 3.05) is 7.05 Å². The van der Waals surface area contributed by atoms with Gasteiger partial charge in [-0.05, 0) is 49.7 Å². The minimum Gasteiger partial charge on any atom is -0.304 e. The van der Waals surface area contributed by atoms with Crippen molar-refractivity contribution in [1.82, 2.24) is 19.2 Å². The molecule has 1 atom stereocenters. The summed E-state index contributed by atoms with van der Waals surface area (Å²) in [5, 5.41) is 0. The van der Waals surface area contributed by atoms with Gasteiger partial charge < -0.3 is 4.57 Å². The summed E-state index contributed by atoms with van der Waals surface area (Å²) in [6.45, 7) is 3.64. The normalized spacial score (nSPS) is 14.8. The maximum Gasteiger partial charge on any atom is 0.261 e. The smallest absolute Gasteiger partial charge is 0.261 e. The van der Waals surface area contributed by atoms with E-state index in [1.165, 1.54) is 25.2 Å². The molecule has 0 saturated carbocycles. The molecule has 154 valence electrons. The number of carbonyl (C=O) groups is 2. The van der Waals surface area contributed by atoms with Crippen molar-refractivity contribution in [3.8, 4) is 5.69 Å². The van der Waals surface area contributed by atoms with Crippen LogP contribution in [0.15, 0.2) is 59.8 Å². The number of nitrogens with zero attached hydrogens (tertiary/aromatic N) is 3. The first-order valence-electron chi connectivity index (χ1n) is 9.28. The van der Waals surface area contributed by atoms with Crippen LogP contribution in [0.3, 0.4) is 0 Å². The maximum atomic E-state index is 12.9. The van der Waals surface area contributed by atoms with Crippen LogP contribution in [-0.2, 0) is 10.0 Å². The number of imide groups is 1. The summed E-state index contributed by atoms with van der Waals surface area (Å²) in [5.74, 6) is -0.0919. The molecular weight excluding hydrogens is 404 g/mol. The highest BCUT2D eigenvalue weighted by atomic mass is 32.2. The molecule has 1 aliphatic rings. The van der Waals surface area contributed by atoms with Gasteiger partial charge in [-0.2, -0.15) is 0 Å². The van der Waals surface area contributed by atoms with Crippen LogP contribution in [0, 0.1) is 6.92 Å². The van der Waals surface area contributed by atoms with E-state index in [1.54, 1.807) is 13.1 Å². The Hall–Kier alpha value is -3.30. The summed E-state index contributed by atoms with van der Waals surface area (Å²) < 4.78 is 30.3. The highest BCUT2D eigenvalue weighted by molar-refractivity contribution is 7.89. The SMILES string of the molecule is Cc1nccn1-c1ccc([C@H](C)NS(=O)(=O)c2ccc3c(c2)C(=O)N(C)C3=O)cc1. The standard InChI is InChI=1S/C21H20N4O4S/c1-13(15-4-6-16(7-5-15)25-11-10-22-14(25)2)23-30(28,29)17-8-9-18-19(12-17)21(27)24(3)20(18)26/h4-13,23H,1-3H3/t13-/m0/s1. The number of carbonyl (C=O) groups excluding carboxylic acids is 2. The molecule has 0 spiro atoms. The van der Waals surface area contributed by atoms with Crippen molar-refractivity contribution in [2.24, 2.45) is 0 Å². The lowest BCUT2D eigenvalue weighted by molar-refractivity contribution is 0.0693. The predicted molar refractivity (Wildman–Crippen MR) is 110 cm³/mol. The third-order valence-electron chi connectivity index (χ3n) is 5.20. The Balaban J connectivity index is 1.56. The predicted octanol–water partition coefficient (Wildman–Crippen LogP) is 2.45. The molecule has 0 radical (unpaired) electrons. The van der Waals surface area contributed by atoms with Gasteiger partial charge in [-0.15, -0.1) is 0 Å². The fourth-order valence-electron chi connectivity index (χ4n) is 3.45. The quantitative estimate of drug-likeness (QED) is 0.634. The van der Waals surface area contributed by atoms with E-state index in [4.69, 9.17) is 0 Å². The van der Waals surface area contributed by atoms with Crippen LogP contribution in [0.1, 0.15) is 45.1 Å². The molecule has 4 rings (SSSR count). The largest absolute Gasteiger partial charge is 0.304 e. The minimum atomic E-state index is -3.89. The zero-order valence-corrected chi connectivity index (χ0v) is 17.5. The highest BCUT2D eigenvalue weighted by Gasteiger charge is 2.34. The fraction of sp³-hybridized carbons (Fsp3) is 0.190. The van der Waals surface area contributed by atoms with Crippen LogP contribution in [-0.4, -0.2) is 41.7 Å². The van der Waals surface area contributed by atoms with E-state index in [0.717, 1.165) is 22.0 Å². The van der Waals surface area contributed by atoms with Crippen molar-refractivity contribution in [1.29, 1.82) is 0 Å². The average Bonchev–Trinajstić information content (AvgIpc) is 3.25. The first kappa shape index (κ1) is 20.0. The number of amides is 2. The number of hydrogen-bond donors (Lipinski definition) is 1. The number of hydrogen-bond acceptors (Lipinski definition) is 5. The van der Waals surface area contributed by atoms with Crippen molar-refractivity contribution < 1.29 is 18.0 Å². The zero-order valence-electron chi connectivity index (χ0n) is 16.7. The molecule has 1 aromatic heterocycles. The van der Waals surface area contributed by atoms with E-state index in [2.05, 4.69) is 9.71 Å². The van der Waals surface area contributed by atoms with E-state index in [-0.39, 0.29) is 16.0 Å². The monoisotopic (exact) mass is 424 g/mol. The maximum absolute atomic E-state index is 12.9. The molecule has 9 heteroatoms. The second kappa shape index (κ2) is 7.19. The van der Waals surface area contributed by atoms with Crippen molar-refractivity contribution in [3.63, 3.8) is 0 Å². The second-order valence-corrected chi connectivity index (χ2v) is 8.87. The molecule has 8 nitrogen and oxygen atoms in total. The Bertz CT molecular complexity index is 1260. The van der Waals surface area contributed by atoms with E-state index < -0.39 is 27.9 Å². The lowest BCUT2D eigenvalue weighted by Gasteiger charge is -2.16. The van der Waals surface area contributed by atoms with Gasteiger partial charge >= 0.3 is 0 Å². The Morgan fingerprint density at radius 2 is 1.67 bits per heavy atom. The number of benzene rings is 2. The summed E-state index contributed by atoms with van der Waals surface area (Å²) in [5.41, 5.74) is 2.01. The van der Waals surface area contributed by atoms with Gasteiger partial charge in [0.15, 0.2) is 0 Å². The van der Waals surface area contributed by atoms with Gasteiger partial charge in [-0.25, -0.2) is 18.1 Å². The Labute approximate surface area is 174 Å². The van der Waals surface area contributed by atoms with Gasteiger partial charge in [-0.3, -0.25) is 14.5 Å². The van der Waals surface area contributed by atoms with Crippen LogP contribution in [0.5, 0.6) is 0 Å². The second-order valence-electron chi connectivity index (χ2n) is 7.16. The number of imidazole rings is 1. The third kappa shape index (κ3) is 3.31. The number of aryl methyl sites for hydroxylation is 1. The van der Waals surface area contributed by atoms with Gasteiger partial charge in [0.05, 0.1) is 16.0 Å². The van der Waals surface area contributed by atoms with E-state index in [9.17, 15) is 18.0 Å². The number of sulfonamides is 1. The van der Waals surface area contributed by atoms with E-state index >= 15 is 0 Å². The summed E-state index contributed by atoms with van der Waals surface area (Å²) in [4.78, 5) is 29.3. The lowest BCUT2D eigenvalue weighted by Crippen LogP contribution is -2.27. The molecule has 0 unspecified atom stereocenters. The van der Waals surface area contributed by atoms with Crippen molar-refractivity contribution >= 4 is 21.8 Å². The molecule has 2 aromatic carbocycles. The number of rotatable bonds is 5. The third-order valence-corrected chi connectivity index (χ3v) is 6.74. The molecular formula is C21H20N4O4S. The summed E-state index contributed by atoms with van der Waals surface area (Å²) in [7, 11) is -2.53. The fourth-order valence-corrected chi connectivity index (χ4v) is 4.71. The number of nitrogens with one attached hydrogen (secondary N) is 1. The zero-order chi connectivity index (χ0) is 21.6. The first-order chi connectivity index (χ1) is 14.2. The van der Waals surface area contributed by atoms with Crippen LogP contribution < -0.4 is 4.72 Å². The molecule has 30 heavy (non-hydrogen) atoms. The molecule has 1 N–H and O–H groups in total. The summed E-state index contributed by atoms with van der Waals surface area (Å²) in [6, 6.07) is 10.9. The molecule has 3 aromatic rings. The van der Waals surface area contributed by atoms with Crippen LogP contribution >= 0.6 is 0 Å². The van der Waals surface area contributed by atoms with Crippen LogP contribution in [0.4, 0.5) is 0 Å². The molecule has 0 saturated heterocycles. The molecule has 2 heterocycles. The summed E-state index contributed by atoms with van der Waals surface area (Å²) in [6.07, 6.45) is 3.57. The molecule has 0 fully saturated rings. The van der Waals surface area contributed by atoms with Gasteiger partial charge in [0.25, 0.3) is 11.8 Å². The molecule has 2 amide bonds. The van der Waals surface area contributed by atoms with Gasteiger partial charge in [0.1, 0.15) is 5.82 Å². The van der Waals surface area contributed by atoms with Crippen molar-refractivity contribution in [3.05, 3.63) is 77.4 Å². The number of aromatic nitrogens is 2. The average molecular weight is 424 g/mol. The van der Waals surface area contributed by atoms with Gasteiger partial charge in [-0.1, -0.05) is 12.1 Å². The van der Waals surface area contributed by atoms with Crippen LogP contribution in [0.25, 0.3) is 5.69 Å². The molecule has 0 aliphatic carbocycles. The van der Waals surface area contributed by atoms with E-state index in [0.29, 0.717) is 0 Å². The van der Waals surface area contributed by atoms with Gasteiger partial charge in [0.2, 0.25) is 10.0 Å². The number of fused-ring (bicyclic) bond motifs is 1. The van der Waals surface area contributed by atoms with Crippen molar-refractivity contribution in [2.45, 2.75) is 24.8 Å². The molecule has 0 bridgehead atoms. The summed E-state index contributed by atoms with van der Waals surface area (Å²) >= 11 is 0. The Morgan fingerprint density at radius 1 is 1.00 bits per heavy atom. The van der Waals surface area contributed by atoms with Gasteiger partial charge in [0, 0.05) is 31.2 Å².